The molecule has 0 spiro atoms. The third-order valence-electron chi connectivity index (χ3n) is 22.3. The van der Waals surface area contributed by atoms with Crippen LogP contribution in [0.2, 0.25) is 0 Å². The molecule has 15 rings (SSSR count). The molecule has 10 unspecified atom stereocenters. The summed E-state index contributed by atoms with van der Waals surface area (Å²) in [7, 11) is 0. The van der Waals surface area contributed by atoms with Crippen molar-refractivity contribution in [3.05, 3.63) is 204 Å². The van der Waals surface area contributed by atoms with Crippen LogP contribution in [0.15, 0.2) is 131 Å². The summed E-state index contributed by atoms with van der Waals surface area (Å²) in [5.74, 6) is 0.304. The number of rotatable bonds is 15. The van der Waals surface area contributed by atoms with Gasteiger partial charge in [0.15, 0.2) is 0 Å². The molecule has 5 aromatic carbocycles. The van der Waals surface area contributed by atoms with Crippen LogP contribution < -0.4 is 9.97 Å². The van der Waals surface area contributed by atoms with Crippen molar-refractivity contribution >= 4 is 86.4 Å². The quantitative estimate of drug-likeness (QED) is 0.0632. The molecule has 0 saturated heterocycles. The zero-order valence-electron chi connectivity index (χ0n) is 68.3. The van der Waals surface area contributed by atoms with Crippen molar-refractivity contribution in [3.8, 4) is 0 Å². The number of para-hydroxylation sites is 5. The second kappa shape index (κ2) is 64.4. The molecule has 0 amide bonds. The average Bonchev–Trinajstić information content (AvgIpc) is 1.64. The minimum Gasteiger partial charge on any atom is -0.661 e. The van der Waals surface area contributed by atoms with Crippen LogP contribution in [0, 0.1) is 180 Å². The smallest absolute Gasteiger partial charge is 0.107 e. The Morgan fingerprint density at radius 2 is 0.708 bits per heavy atom. The predicted molar refractivity (Wildman–Crippen MR) is 445 cm³/mol. The van der Waals surface area contributed by atoms with Crippen LogP contribution in [-0.4, -0.2) is 45.0 Å². The summed E-state index contributed by atoms with van der Waals surface area (Å²) < 4.78 is 78.4. The van der Waals surface area contributed by atoms with E-state index in [9.17, 15) is 22.0 Å². The van der Waals surface area contributed by atoms with Gasteiger partial charge in [-0.05, 0) is 168 Å². The number of aromatic nitrogens is 5. The number of nitrogens with zero attached hydrogens (tertiary/aromatic N) is 4. The van der Waals surface area contributed by atoms with Crippen LogP contribution in [-0.2, 0) is 160 Å². The number of H-pyrrole nitrogens is 1. The Kier molecular flexibility index (Phi) is 68.9. The van der Waals surface area contributed by atoms with Crippen LogP contribution in [0.5, 0.6) is 0 Å². The summed E-state index contributed by atoms with van der Waals surface area (Å²) in [6.07, 6.45) is 25.3. The summed E-state index contributed by atoms with van der Waals surface area (Å²) in [6, 6.07) is 41.4. The molecule has 5 fully saturated rings. The summed E-state index contributed by atoms with van der Waals surface area (Å²) in [5, 5.41) is 5.98. The Balaban J connectivity index is -0.00000129. The van der Waals surface area contributed by atoms with Crippen LogP contribution >= 0.6 is 31.9 Å². The first-order chi connectivity index (χ1) is 49.8. The molecule has 1 N–H and O–H groups in total. The fraction of sp³-hybridized carbons (Fsp3) is 0.522. The molecule has 0 bridgehead atoms. The Morgan fingerprint density at radius 3 is 1.07 bits per heavy atom. The van der Waals surface area contributed by atoms with Gasteiger partial charge in [0.05, 0.1) is 9.21 Å². The minimum absolute atomic E-state index is 0. The second-order valence-electron chi connectivity index (χ2n) is 28.8. The standard InChI is InChI=1S/C20H28FN.2C17H20FN.C16H19BrFN.C14H15BrFN.C4H10.C2H6.2CH3.4Ar.Pd.2W.2Y/c1-3-5-13-19-20(15-10-6-8-12-17(15)21)16-11-7-9-14-18(16)22(19)4-2;2*1-2-7-16-17(12-8-3-5-10-14(12)18)13-9-4-6-11-15(13)19-16;1-2-19-14-10-6-4-8-12(14)15(16(19)17)11-7-3-5-9-13(11)18;15-14-13(9-5-1-3-7-11(9)16)10-6-2-4-8-12(10)17-14;1-3-4-2;1-2;;;;;;;;;;;/h7,9,11,14-15,17H,3-6,8,10,12-13H2,1-2H3;2*4,6,9,11-12,14H,1-3,5,7-8,10H2;4,6,8,10-11,13H,2-3,5,7,9H2,1H3;2,4,6,8-9,11,17H,1,3,5,7H2;3-4H2,1-2H3;1-2H3;2*1H3;;;;;;;;;/q;2*-2;;;;;2*-1;;;;;;;;;. The molecule has 632 valence electrons. The number of aromatic amines is 1. The van der Waals surface area contributed by atoms with Gasteiger partial charge in [-0.1, -0.05) is 245 Å². The first-order valence-electron chi connectivity index (χ1n) is 39.8. The van der Waals surface area contributed by atoms with E-state index in [1.807, 2.05) is 74.5 Å². The average molecular weight is 2370 g/mol. The summed E-state index contributed by atoms with van der Waals surface area (Å²) >= 11 is 7.26. The maximum atomic E-state index is 14.7. The van der Waals surface area contributed by atoms with Crippen molar-refractivity contribution in [2.24, 2.45) is 0 Å². The molecule has 5 aliphatic carbocycles. The van der Waals surface area contributed by atoms with E-state index >= 15 is 0 Å². The molecule has 2 radical (unpaired) electrons. The zero-order valence-corrected chi connectivity index (χ0v) is 87.4. The number of benzene rings is 5. The van der Waals surface area contributed by atoms with Gasteiger partial charge in [-0.15, -0.1) is 11.0 Å². The van der Waals surface area contributed by atoms with Crippen LogP contribution in [0.3, 0.4) is 0 Å². The SMILES string of the molecule is CC.CCCC.CCCCc1c(C2CCCCC2F)c2ccccc2n1CC.CCn1c(Br)c(C2CCCCC2F)c2ccccc21.FC1CCCCC1c1c(Br)[nH]c2ccccc12.[Ar].[Ar].[Ar].[Ar].[CH2-]CCc1[n-]c2ccccc2c1C1CCCCC1F.[CH2-]CCc1[n-]c2ccccc2c1C1CCCCC1F.[CH3-].[CH3-].[Pd].[W].[W].[Y].[Y]. The summed E-state index contributed by atoms with van der Waals surface area (Å²) in [4.78, 5) is 12.7. The molecule has 10 aromatic rings. The fourth-order valence-electron chi connectivity index (χ4n) is 17.1. The number of alkyl halides is 5. The number of unbranched alkanes of at least 4 members (excludes halogenated alkanes) is 2. The van der Waals surface area contributed by atoms with E-state index in [0.29, 0.717) is 25.7 Å². The van der Waals surface area contributed by atoms with Gasteiger partial charge in [0.2, 0.25) is 0 Å². The molecule has 10 atom stereocenters. The topological polar surface area (TPSA) is 53.9 Å². The number of nitrogens with one attached hydrogen (secondary N) is 1. The number of hydrogen-bond donors (Lipinski definition) is 1. The van der Waals surface area contributed by atoms with Gasteiger partial charge in [0, 0.05) is 360 Å². The van der Waals surface area contributed by atoms with E-state index in [1.54, 1.807) is 0 Å². The number of fused-ring (bicyclic) bond motifs is 5. The molecule has 5 aromatic heterocycles. The van der Waals surface area contributed by atoms with Crippen LogP contribution in [0.25, 0.3) is 54.5 Å². The first kappa shape index (κ1) is 121. The van der Waals surface area contributed by atoms with Crippen molar-refractivity contribution in [3.63, 3.8) is 0 Å². The van der Waals surface area contributed by atoms with Gasteiger partial charge in [-0.25, -0.2) is 22.0 Å². The van der Waals surface area contributed by atoms with E-state index < -0.39 is 30.9 Å². The van der Waals surface area contributed by atoms with Crippen molar-refractivity contribution in [1.29, 1.82) is 0 Å². The van der Waals surface area contributed by atoms with Gasteiger partial charge in [-0.2, -0.15) is 24.2 Å². The van der Waals surface area contributed by atoms with Crippen LogP contribution in [0.4, 0.5) is 22.0 Å². The molecular formula is C92H124Ar4Br2F5N5PdW2Y2-6. The van der Waals surface area contributed by atoms with E-state index in [1.165, 1.54) is 81.9 Å². The molecule has 5 aliphatic rings. The van der Waals surface area contributed by atoms with Gasteiger partial charge in [0.1, 0.15) is 30.9 Å². The van der Waals surface area contributed by atoms with Crippen molar-refractivity contribution < 1.29 is 301 Å². The fourth-order valence-corrected chi connectivity index (χ4v) is 18.8. The Bertz CT molecular complexity index is 4070. The third-order valence-corrected chi connectivity index (χ3v) is 23.8. The van der Waals surface area contributed by atoms with E-state index in [-0.39, 0.29) is 323 Å². The molecule has 5 nitrogen and oxygen atoms in total. The monoisotopic (exact) mass is 2360 g/mol. The predicted octanol–water partition coefficient (Wildman–Crippen LogP) is 29.2. The van der Waals surface area contributed by atoms with Crippen molar-refractivity contribution in [2.45, 2.75) is 308 Å². The molecule has 0 aliphatic heterocycles. The van der Waals surface area contributed by atoms with E-state index in [0.717, 1.165) is 200 Å². The van der Waals surface area contributed by atoms with Gasteiger partial charge < -0.3 is 52.8 Å². The number of aryl methyl sites for hydroxylation is 4. The Morgan fingerprint density at radius 1 is 0.398 bits per heavy atom. The van der Waals surface area contributed by atoms with Crippen LogP contribution in [0.1, 0.15) is 290 Å². The maximum Gasteiger partial charge on any atom is 0.107 e. The molecule has 5 heterocycles. The first-order valence-corrected chi connectivity index (χ1v) is 41.4. The third kappa shape index (κ3) is 31.8. The molecule has 21 heteroatoms. The summed E-state index contributed by atoms with van der Waals surface area (Å²) in [6.45, 7) is 24.7. The molecule has 5 saturated carbocycles. The number of halogens is 7. The van der Waals surface area contributed by atoms with Gasteiger partial charge in [-0.3, -0.25) is 0 Å². The van der Waals surface area contributed by atoms with Gasteiger partial charge >= 0.3 is 0 Å². The molecular weight excluding hydrogens is 2240 g/mol. The number of hydrogen-bond acceptors (Lipinski definition) is 0. The molecule has 113 heavy (non-hydrogen) atoms. The zero-order chi connectivity index (χ0) is 72.7. The van der Waals surface area contributed by atoms with Gasteiger partial charge in [0.25, 0.3) is 0 Å². The largest absolute Gasteiger partial charge is 0.661 e. The van der Waals surface area contributed by atoms with E-state index in [4.69, 9.17) is 9.97 Å². The van der Waals surface area contributed by atoms with Crippen molar-refractivity contribution in [1.82, 2.24) is 24.1 Å². The summed E-state index contributed by atoms with van der Waals surface area (Å²) in [5.41, 5.74) is 15.2. The van der Waals surface area contributed by atoms with Crippen molar-refractivity contribution in [2.75, 3.05) is 0 Å². The normalized spacial score (nSPS) is 20.5. The second-order valence-corrected chi connectivity index (χ2v) is 30.4. The Labute approximate surface area is 908 Å². The van der Waals surface area contributed by atoms with E-state index in [2.05, 4.69) is 155 Å². The minimum atomic E-state index is -0.704. The Hall–Kier alpha value is 3.70. The maximum absolute atomic E-state index is 14.7.